The zero-order chi connectivity index (χ0) is 20.3. The number of nitrogens with zero attached hydrogens (tertiary/aromatic N) is 2. The quantitative estimate of drug-likeness (QED) is 0.721. The van der Waals surface area contributed by atoms with Crippen molar-refractivity contribution in [2.75, 3.05) is 33.8 Å². The number of nitrogens with one attached hydrogen (secondary N) is 1. The topological polar surface area (TPSA) is 63.6 Å². The lowest BCUT2D eigenvalue weighted by Crippen LogP contribution is -2.34. The van der Waals surface area contributed by atoms with Gasteiger partial charge in [0.05, 0.1) is 5.52 Å². The highest BCUT2D eigenvalue weighted by Crippen LogP contribution is 2.33. The first-order chi connectivity index (χ1) is 13.3. The SMILES string of the molecule is CC(C)c1cc(=O)n(CC2CC2)c2cc(OCC(=O)NCCN(C)C)ccc12. The second kappa shape index (κ2) is 8.78. The molecular weight excluding hydrogens is 354 g/mol. The monoisotopic (exact) mass is 385 g/mol. The predicted molar refractivity (Wildman–Crippen MR) is 112 cm³/mol. The van der Waals surface area contributed by atoms with Crippen LogP contribution in [-0.4, -0.2) is 49.2 Å². The molecular formula is C22H31N3O3. The molecule has 28 heavy (non-hydrogen) atoms. The normalized spacial score (nSPS) is 14.1. The van der Waals surface area contributed by atoms with Crippen LogP contribution in [0.3, 0.4) is 0 Å². The van der Waals surface area contributed by atoms with Crippen molar-refractivity contribution >= 4 is 16.8 Å². The van der Waals surface area contributed by atoms with Gasteiger partial charge in [0.15, 0.2) is 6.61 Å². The average Bonchev–Trinajstić information content (AvgIpc) is 3.45. The van der Waals surface area contributed by atoms with E-state index < -0.39 is 0 Å². The van der Waals surface area contributed by atoms with Gasteiger partial charge in [-0.25, -0.2) is 0 Å². The molecule has 1 saturated carbocycles. The van der Waals surface area contributed by atoms with Crippen molar-refractivity contribution in [1.82, 2.24) is 14.8 Å². The van der Waals surface area contributed by atoms with Crippen LogP contribution in [0.15, 0.2) is 29.1 Å². The van der Waals surface area contributed by atoms with Crippen LogP contribution in [0.1, 0.15) is 38.2 Å². The molecule has 0 unspecified atom stereocenters. The van der Waals surface area contributed by atoms with E-state index in [9.17, 15) is 9.59 Å². The van der Waals surface area contributed by atoms with Gasteiger partial charge in [0.25, 0.3) is 11.5 Å². The van der Waals surface area contributed by atoms with Gasteiger partial charge in [0.2, 0.25) is 0 Å². The number of hydrogen-bond donors (Lipinski definition) is 1. The second-order valence-electron chi connectivity index (χ2n) is 8.27. The van der Waals surface area contributed by atoms with E-state index in [2.05, 4.69) is 19.2 Å². The molecule has 6 heteroatoms. The van der Waals surface area contributed by atoms with Gasteiger partial charge < -0.3 is 19.5 Å². The summed E-state index contributed by atoms with van der Waals surface area (Å²) < 4.78 is 7.57. The van der Waals surface area contributed by atoms with E-state index >= 15 is 0 Å². The van der Waals surface area contributed by atoms with Crippen LogP contribution >= 0.6 is 0 Å². The molecule has 1 amide bonds. The lowest BCUT2D eigenvalue weighted by Gasteiger charge is -2.17. The lowest BCUT2D eigenvalue weighted by atomic mass is 9.98. The number of benzene rings is 1. The summed E-state index contributed by atoms with van der Waals surface area (Å²) in [5.74, 6) is 1.33. The Balaban J connectivity index is 1.80. The Labute approximate surface area is 166 Å². The number of likely N-dealkylation sites (N-methyl/N-ethyl adjacent to an activating group) is 1. The average molecular weight is 386 g/mol. The van der Waals surface area contributed by atoms with Crippen molar-refractivity contribution in [3.05, 3.63) is 40.2 Å². The number of pyridine rings is 1. The number of rotatable bonds is 9. The maximum Gasteiger partial charge on any atom is 0.257 e. The summed E-state index contributed by atoms with van der Waals surface area (Å²) >= 11 is 0. The molecule has 1 N–H and O–H groups in total. The zero-order valence-electron chi connectivity index (χ0n) is 17.3. The zero-order valence-corrected chi connectivity index (χ0v) is 17.3. The van der Waals surface area contributed by atoms with E-state index in [1.165, 1.54) is 12.8 Å². The minimum absolute atomic E-state index is 0.0321. The highest BCUT2D eigenvalue weighted by Gasteiger charge is 2.23. The maximum atomic E-state index is 12.7. The molecule has 1 aromatic heterocycles. The minimum atomic E-state index is -0.145. The molecule has 3 rings (SSSR count). The molecule has 0 radical (unpaired) electrons. The Bertz CT molecular complexity index is 898. The standard InChI is InChI=1S/C22H31N3O3/c1-15(2)19-12-22(27)25(13-16-5-6-16)20-11-17(7-8-18(19)20)28-14-21(26)23-9-10-24(3)4/h7-8,11-12,15-16H,5-6,9-10,13-14H2,1-4H3,(H,23,26). The van der Waals surface area contributed by atoms with Crippen molar-refractivity contribution < 1.29 is 9.53 Å². The lowest BCUT2D eigenvalue weighted by molar-refractivity contribution is -0.123. The van der Waals surface area contributed by atoms with E-state index in [0.717, 1.165) is 29.6 Å². The van der Waals surface area contributed by atoms with E-state index in [1.54, 1.807) is 6.07 Å². The van der Waals surface area contributed by atoms with Crippen LogP contribution in [0, 0.1) is 5.92 Å². The number of ether oxygens (including phenoxy) is 1. The summed E-state index contributed by atoms with van der Waals surface area (Å²) in [6.45, 7) is 6.29. The summed E-state index contributed by atoms with van der Waals surface area (Å²) in [7, 11) is 3.93. The van der Waals surface area contributed by atoms with Gasteiger partial charge in [-0.05, 0) is 56.5 Å². The number of hydrogen-bond acceptors (Lipinski definition) is 4. The fourth-order valence-electron chi connectivity index (χ4n) is 3.32. The molecule has 0 saturated heterocycles. The summed E-state index contributed by atoms with van der Waals surface area (Å²) in [4.78, 5) is 26.7. The minimum Gasteiger partial charge on any atom is -0.484 e. The fraction of sp³-hybridized carbons (Fsp3) is 0.545. The van der Waals surface area contributed by atoms with Crippen LogP contribution in [0.4, 0.5) is 0 Å². The number of carbonyl (C=O) groups is 1. The third-order valence-corrected chi connectivity index (χ3v) is 5.13. The highest BCUT2D eigenvalue weighted by molar-refractivity contribution is 5.84. The van der Waals surface area contributed by atoms with Crippen molar-refractivity contribution in [3.63, 3.8) is 0 Å². The van der Waals surface area contributed by atoms with Crippen molar-refractivity contribution in [3.8, 4) is 5.75 Å². The number of carbonyl (C=O) groups excluding carboxylic acids is 1. The summed E-state index contributed by atoms with van der Waals surface area (Å²) in [6, 6.07) is 7.56. The van der Waals surface area contributed by atoms with Gasteiger partial charge in [0.1, 0.15) is 5.75 Å². The first-order valence-corrected chi connectivity index (χ1v) is 10.1. The van der Waals surface area contributed by atoms with E-state index in [0.29, 0.717) is 18.2 Å². The third-order valence-electron chi connectivity index (χ3n) is 5.13. The summed E-state index contributed by atoms with van der Waals surface area (Å²) in [5, 5.41) is 3.92. The van der Waals surface area contributed by atoms with Gasteiger partial charge >= 0.3 is 0 Å². The van der Waals surface area contributed by atoms with Crippen LogP contribution in [-0.2, 0) is 11.3 Å². The van der Waals surface area contributed by atoms with E-state index in [4.69, 9.17) is 4.74 Å². The van der Waals surface area contributed by atoms with Gasteiger partial charge in [-0.15, -0.1) is 0 Å². The fourth-order valence-corrected chi connectivity index (χ4v) is 3.32. The maximum absolute atomic E-state index is 12.7. The number of fused-ring (bicyclic) bond motifs is 1. The van der Waals surface area contributed by atoms with Crippen LogP contribution < -0.4 is 15.6 Å². The second-order valence-corrected chi connectivity index (χ2v) is 8.27. The Morgan fingerprint density at radius 1 is 1.29 bits per heavy atom. The van der Waals surface area contributed by atoms with Gasteiger partial charge in [0, 0.05) is 37.2 Å². The van der Waals surface area contributed by atoms with Crippen molar-refractivity contribution in [2.24, 2.45) is 5.92 Å². The molecule has 0 bridgehead atoms. The van der Waals surface area contributed by atoms with Crippen LogP contribution in [0.25, 0.3) is 10.9 Å². The first kappa shape index (κ1) is 20.4. The Hall–Kier alpha value is -2.34. The Morgan fingerprint density at radius 2 is 2.04 bits per heavy atom. The molecule has 0 spiro atoms. The molecule has 2 aromatic rings. The molecule has 1 aliphatic rings. The number of aromatic nitrogens is 1. The molecule has 1 fully saturated rings. The molecule has 6 nitrogen and oxygen atoms in total. The third kappa shape index (κ3) is 5.13. The van der Waals surface area contributed by atoms with Gasteiger partial charge in [-0.1, -0.05) is 13.8 Å². The highest BCUT2D eigenvalue weighted by atomic mass is 16.5. The largest absolute Gasteiger partial charge is 0.484 e. The molecule has 152 valence electrons. The summed E-state index contributed by atoms with van der Waals surface area (Å²) in [6.07, 6.45) is 2.37. The smallest absolute Gasteiger partial charge is 0.257 e. The van der Waals surface area contributed by atoms with Crippen LogP contribution in [0.2, 0.25) is 0 Å². The predicted octanol–water partition coefficient (Wildman–Crippen LogP) is 2.59. The van der Waals surface area contributed by atoms with Gasteiger partial charge in [-0.3, -0.25) is 9.59 Å². The van der Waals surface area contributed by atoms with Crippen molar-refractivity contribution in [1.29, 1.82) is 0 Å². The van der Waals surface area contributed by atoms with Crippen LogP contribution in [0.5, 0.6) is 5.75 Å². The molecule has 1 aromatic carbocycles. The first-order valence-electron chi connectivity index (χ1n) is 10.1. The Morgan fingerprint density at radius 3 is 2.68 bits per heavy atom. The molecule has 0 atom stereocenters. The van der Waals surface area contributed by atoms with E-state index in [1.807, 2.05) is 41.8 Å². The Kier molecular flexibility index (Phi) is 6.39. The van der Waals surface area contributed by atoms with E-state index in [-0.39, 0.29) is 24.0 Å². The number of amides is 1. The molecule has 0 aliphatic heterocycles. The summed E-state index contributed by atoms with van der Waals surface area (Å²) in [5.41, 5.74) is 2.00. The van der Waals surface area contributed by atoms with Gasteiger partial charge in [-0.2, -0.15) is 0 Å². The molecule has 1 aliphatic carbocycles. The van der Waals surface area contributed by atoms with Crippen molar-refractivity contribution in [2.45, 2.75) is 39.2 Å². The molecule has 1 heterocycles.